The first-order valence-electron chi connectivity index (χ1n) is 11.6. The number of piperazine rings is 1. The fourth-order valence-corrected chi connectivity index (χ4v) is 4.37. The number of anilines is 1. The number of carbonyl (C=O) groups is 1. The van der Waals surface area contributed by atoms with Crippen LogP contribution in [0.3, 0.4) is 0 Å². The summed E-state index contributed by atoms with van der Waals surface area (Å²) in [5.41, 5.74) is 4.92. The Hall–Kier alpha value is -3.79. The van der Waals surface area contributed by atoms with Gasteiger partial charge in [0.2, 0.25) is 0 Å². The quantitative estimate of drug-likeness (QED) is 0.557. The second-order valence-electron chi connectivity index (χ2n) is 8.53. The van der Waals surface area contributed by atoms with Crippen molar-refractivity contribution in [3.63, 3.8) is 0 Å². The molecule has 1 saturated heterocycles. The average Bonchev–Trinajstić information content (AvgIpc) is 2.85. The van der Waals surface area contributed by atoms with Crippen molar-refractivity contribution >= 4 is 11.7 Å². The number of nitriles is 1. The highest BCUT2D eigenvalue weighted by Gasteiger charge is 2.26. The third-order valence-electron chi connectivity index (χ3n) is 6.11. The lowest BCUT2D eigenvalue weighted by Crippen LogP contribution is -2.49. The van der Waals surface area contributed by atoms with Gasteiger partial charge in [0.1, 0.15) is 17.5 Å². The molecule has 0 aliphatic carbocycles. The van der Waals surface area contributed by atoms with E-state index in [1.54, 1.807) is 4.90 Å². The molecule has 2 aromatic carbocycles. The van der Waals surface area contributed by atoms with Crippen LogP contribution in [-0.4, -0.2) is 47.0 Å². The molecule has 1 amide bonds. The Labute approximate surface area is 199 Å². The zero-order chi connectivity index (χ0) is 24.1. The number of hydrogen-bond donors (Lipinski definition) is 0. The Bertz CT molecular complexity index is 1210. The van der Waals surface area contributed by atoms with Gasteiger partial charge in [0.15, 0.2) is 0 Å². The number of nitrogens with zero attached hydrogens (tertiary/aromatic N) is 5. The minimum atomic E-state index is -0.355. The van der Waals surface area contributed by atoms with Crippen molar-refractivity contribution in [2.45, 2.75) is 33.1 Å². The van der Waals surface area contributed by atoms with E-state index in [1.807, 2.05) is 0 Å². The molecule has 0 spiro atoms. The van der Waals surface area contributed by atoms with Gasteiger partial charge in [-0.05, 0) is 43.2 Å². The summed E-state index contributed by atoms with van der Waals surface area (Å²) in [7, 11) is 0. The first-order valence-corrected chi connectivity index (χ1v) is 11.6. The second-order valence-corrected chi connectivity index (χ2v) is 8.53. The maximum absolute atomic E-state index is 13.2. The molecule has 34 heavy (non-hydrogen) atoms. The molecule has 2 heterocycles. The zero-order valence-corrected chi connectivity index (χ0v) is 19.6. The lowest BCUT2D eigenvalue weighted by molar-refractivity contribution is 0.0746. The van der Waals surface area contributed by atoms with Crippen molar-refractivity contribution in [2.24, 2.45) is 0 Å². The maximum Gasteiger partial charge on any atom is 0.253 e. The highest BCUT2D eigenvalue weighted by molar-refractivity contribution is 5.94. The van der Waals surface area contributed by atoms with Gasteiger partial charge in [0, 0.05) is 49.4 Å². The normalized spacial score (nSPS) is 13.6. The molecule has 0 unspecified atom stereocenters. The largest absolute Gasteiger partial charge is 0.353 e. The molecule has 3 aromatic rings. The third kappa shape index (κ3) is 5.23. The lowest BCUT2D eigenvalue weighted by atomic mass is 10.00. The molecule has 6 nitrogen and oxygen atoms in total. The Morgan fingerprint density at radius 1 is 1.09 bits per heavy atom. The number of benzene rings is 2. The number of halogens is 1. The van der Waals surface area contributed by atoms with Gasteiger partial charge >= 0.3 is 0 Å². The van der Waals surface area contributed by atoms with Gasteiger partial charge in [0.05, 0.1) is 12.5 Å². The van der Waals surface area contributed by atoms with E-state index in [4.69, 9.17) is 4.98 Å². The highest BCUT2D eigenvalue weighted by atomic mass is 19.1. The summed E-state index contributed by atoms with van der Waals surface area (Å²) in [6.07, 6.45) is 1.62. The van der Waals surface area contributed by atoms with Crippen LogP contribution in [0.5, 0.6) is 0 Å². The predicted molar refractivity (Wildman–Crippen MR) is 129 cm³/mol. The van der Waals surface area contributed by atoms with E-state index < -0.39 is 0 Å². The van der Waals surface area contributed by atoms with Gasteiger partial charge < -0.3 is 9.80 Å². The molecule has 0 radical (unpaired) electrons. The van der Waals surface area contributed by atoms with E-state index >= 15 is 0 Å². The van der Waals surface area contributed by atoms with Crippen molar-refractivity contribution in [3.8, 4) is 6.07 Å². The van der Waals surface area contributed by atoms with Crippen LogP contribution in [0, 0.1) is 24.1 Å². The van der Waals surface area contributed by atoms with Gasteiger partial charge in [-0.1, -0.05) is 36.8 Å². The smallest absolute Gasteiger partial charge is 0.253 e. The first kappa shape index (κ1) is 23.4. The summed E-state index contributed by atoms with van der Waals surface area (Å²) in [6, 6.07) is 16.2. The van der Waals surface area contributed by atoms with Gasteiger partial charge in [-0.15, -0.1) is 0 Å². The monoisotopic (exact) mass is 457 g/mol. The Kier molecular flexibility index (Phi) is 7.17. The molecule has 7 heteroatoms. The molecule has 0 atom stereocenters. The van der Waals surface area contributed by atoms with Crippen molar-refractivity contribution in [3.05, 3.63) is 88.1 Å². The number of aryl methyl sites for hydroxylation is 2. The van der Waals surface area contributed by atoms with E-state index in [0.717, 1.165) is 23.5 Å². The Balaban J connectivity index is 1.60. The molecule has 0 N–H and O–H groups in total. The second kappa shape index (κ2) is 10.4. The van der Waals surface area contributed by atoms with Crippen LogP contribution in [0.4, 0.5) is 10.2 Å². The molecule has 0 saturated carbocycles. The van der Waals surface area contributed by atoms with E-state index in [-0.39, 0.29) is 18.1 Å². The topological polar surface area (TPSA) is 73.1 Å². The van der Waals surface area contributed by atoms with E-state index in [0.29, 0.717) is 44.0 Å². The van der Waals surface area contributed by atoms with E-state index in [9.17, 15) is 14.4 Å². The van der Waals surface area contributed by atoms with Crippen molar-refractivity contribution < 1.29 is 9.18 Å². The lowest BCUT2D eigenvalue weighted by Gasteiger charge is -2.36. The van der Waals surface area contributed by atoms with Crippen LogP contribution in [0.15, 0.2) is 48.5 Å². The maximum atomic E-state index is 13.2. The van der Waals surface area contributed by atoms with Crippen LogP contribution >= 0.6 is 0 Å². The minimum absolute atomic E-state index is 0.0956. The van der Waals surface area contributed by atoms with E-state index in [2.05, 4.69) is 54.1 Å². The fourth-order valence-electron chi connectivity index (χ4n) is 4.37. The molecular formula is C27H28FN5O. The average molecular weight is 458 g/mol. The zero-order valence-electron chi connectivity index (χ0n) is 19.6. The molecule has 4 rings (SSSR count). The third-order valence-corrected chi connectivity index (χ3v) is 6.11. The fraction of sp³-hybridized carbons (Fsp3) is 0.333. The SMILES string of the molecule is CCc1nc(CC#N)nc(N2CCN(C(=O)c3ccc(F)cc3)CC2)c1Cc1cccc(C)c1. The number of aromatic nitrogens is 2. The van der Waals surface area contributed by atoms with Gasteiger partial charge in [-0.3, -0.25) is 4.79 Å². The molecule has 174 valence electrons. The van der Waals surface area contributed by atoms with Crippen molar-refractivity contribution in [2.75, 3.05) is 31.1 Å². The Morgan fingerprint density at radius 2 is 1.82 bits per heavy atom. The summed E-state index contributed by atoms with van der Waals surface area (Å²) >= 11 is 0. The van der Waals surface area contributed by atoms with Gasteiger partial charge in [-0.2, -0.15) is 5.26 Å². The van der Waals surface area contributed by atoms with Crippen LogP contribution in [0.25, 0.3) is 0 Å². The summed E-state index contributed by atoms with van der Waals surface area (Å²) < 4.78 is 13.2. The van der Waals surface area contributed by atoms with Gasteiger partial charge in [0.25, 0.3) is 5.91 Å². The van der Waals surface area contributed by atoms with Crippen LogP contribution in [-0.2, 0) is 19.3 Å². The predicted octanol–water partition coefficient (Wildman–Crippen LogP) is 4.11. The van der Waals surface area contributed by atoms with Crippen LogP contribution < -0.4 is 4.90 Å². The summed E-state index contributed by atoms with van der Waals surface area (Å²) in [4.78, 5) is 26.3. The van der Waals surface area contributed by atoms with Crippen LogP contribution in [0.2, 0.25) is 0 Å². The first-order chi connectivity index (χ1) is 16.5. The van der Waals surface area contributed by atoms with Crippen LogP contribution in [0.1, 0.15) is 45.5 Å². The molecule has 1 aliphatic heterocycles. The van der Waals surface area contributed by atoms with Crippen molar-refractivity contribution in [1.29, 1.82) is 5.26 Å². The Morgan fingerprint density at radius 3 is 2.47 bits per heavy atom. The van der Waals surface area contributed by atoms with E-state index in [1.165, 1.54) is 35.4 Å². The van der Waals surface area contributed by atoms with Crippen molar-refractivity contribution in [1.82, 2.24) is 14.9 Å². The number of amides is 1. The number of hydrogen-bond acceptors (Lipinski definition) is 5. The minimum Gasteiger partial charge on any atom is -0.353 e. The standard InChI is InChI=1S/C27H28FN5O/c1-3-24-23(18-20-6-4-5-19(2)17-20)26(31-25(30-24)11-12-29)32-13-15-33(16-14-32)27(34)21-7-9-22(28)10-8-21/h4-10,17H,3,11,13-16,18H2,1-2H3. The summed E-state index contributed by atoms with van der Waals surface area (Å²) in [6.45, 7) is 6.48. The molecule has 1 aromatic heterocycles. The summed E-state index contributed by atoms with van der Waals surface area (Å²) in [5.74, 6) is 0.938. The molecule has 1 fully saturated rings. The van der Waals surface area contributed by atoms with Gasteiger partial charge in [-0.25, -0.2) is 14.4 Å². The molecule has 0 bridgehead atoms. The number of rotatable bonds is 6. The molecular weight excluding hydrogens is 429 g/mol. The summed E-state index contributed by atoms with van der Waals surface area (Å²) in [5, 5.41) is 9.23. The highest BCUT2D eigenvalue weighted by Crippen LogP contribution is 2.27. The number of carbonyl (C=O) groups excluding carboxylic acids is 1. The molecule has 1 aliphatic rings.